The number of benzene rings is 2. The number of H-pyrrole nitrogens is 1. The van der Waals surface area contributed by atoms with Crippen LogP contribution in [0.2, 0.25) is 0 Å². The van der Waals surface area contributed by atoms with Gasteiger partial charge in [-0.15, -0.1) is 0 Å². The molecule has 0 atom stereocenters. The minimum Gasteiger partial charge on any atom is -0.454 e. The number of fused-ring (bicyclic) bond motifs is 1. The van der Waals surface area contributed by atoms with E-state index in [2.05, 4.69) is 15.5 Å². The summed E-state index contributed by atoms with van der Waals surface area (Å²) < 4.78 is 10.6. The Morgan fingerprint density at radius 2 is 1.92 bits per heavy atom. The van der Waals surface area contributed by atoms with Gasteiger partial charge < -0.3 is 14.8 Å². The number of amides is 1. The summed E-state index contributed by atoms with van der Waals surface area (Å²) in [5.41, 5.74) is 4.26. The second kappa shape index (κ2) is 6.32. The fourth-order valence-corrected chi connectivity index (χ4v) is 2.64. The third-order valence-electron chi connectivity index (χ3n) is 4.06. The number of ether oxygens (including phenoxy) is 2. The van der Waals surface area contributed by atoms with E-state index in [0.29, 0.717) is 18.0 Å². The Bertz CT molecular complexity index is 916. The molecule has 126 valence electrons. The van der Waals surface area contributed by atoms with Gasteiger partial charge in [0.1, 0.15) is 5.69 Å². The Kier molecular flexibility index (Phi) is 3.85. The van der Waals surface area contributed by atoms with E-state index in [-0.39, 0.29) is 12.7 Å². The Hall–Kier alpha value is -3.28. The van der Waals surface area contributed by atoms with Crippen LogP contribution in [0.25, 0.3) is 11.3 Å². The average molecular weight is 335 g/mol. The highest BCUT2D eigenvalue weighted by molar-refractivity contribution is 5.93. The third-order valence-corrected chi connectivity index (χ3v) is 4.06. The molecule has 2 N–H and O–H groups in total. The Balaban J connectivity index is 1.42. The van der Waals surface area contributed by atoms with Crippen LogP contribution in [0, 0.1) is 6.92 Å². The number of hydrogen-bond donors (Lipinski definition) is 2. The molecule has 0 fully saturated rings. The van der Waals surface area contributed by atoms with Gasteiger partial charge in [0, 0.05) is 12.1 Å². The van der Waals surface area contributed by atoms with Crippen LogP contribution in [-0.2, 0) is 6.54 Å². The Morgan fingerprint density at radius 3 is 2.76 bits per heavy atom. The van der Waals surface area contributed by atoms with Crippen LogP contribution in [0.15, 0.2) is 48.5 Å². The highest BCUT2D eigenvalue weighted by Crippen LogP contribution is 2.32. The van der Waals surface area contributed by atoms with E-state index in [0.717, 1.165) is 22.6 Å². The molecule has 1 aromatic heterocycles. The second-order valence-corrected chi connectivity index (χ2v) is 5.90. The summed E-state index contributed by atoms with van der Waals surface area (Å²) in [4.78, 5) is 12.3. The molecule has 6 heteroatoms. The fraction of sp³-hybridized carbons (Fsp3) is 0.158. The lowest BCUT2D eigenvalue weighted by Crippen LogP contribution is -2.23. The van der Waals surface area contributed by atoms with Crippen molar-refractivity contribution >= 4 is 5.91 Å². The smallest absolute Gasteiger partial charge is 0.269 e. The van der Waals surface area contributed by atoms with E-state index in [9.17, 15) is 4.79 Å². The number of aromatic nitrogens is 2. The number of rotatable bonds is 4. The lowest BCUT2D eigenvalue weighted by atomic mass is 10.1. The van der Waals surface area contributed by atoms with Gasteiger partial charge in [-0.25, -0.2) is 0 Å². The molecule has 6 nitrogen and oxygen atoms in total. The molecule has 0 saturated carbocycles. The standard InChI is InChI=1S/C19H17N3O3/c1-12-2-5-14(6-3-12)15-9-16(22-21-15)19(23)20-10-13-4-7-17-18(8-13)25-11-24-17/h2-9H,10-11H2,1H3,(H,20,23)(H,21,22). The van der Waals surface area contributed by atoms with Gasteiger partial charge in [0.15, 0.2) is 11.5 Å². The molecule has 2 aromatic carbocycles. The highest BCUT2D eigenvalue weighted by atomic mass is 16.7. The number of carbonyl (C=O) groups is 1. The van der Waals surface area contributed by atoms with Gasteiger partial charge in [0.2, 0.25) is 6.79 Å². The van der Waals surface area contributed by atoms with E-state index in [1.54, 1.807) is 6.07 Å². The van der Waals surface area contributed by atoms with Gasteiger partial charge in [-0.05, 0) is 30.7 Å². The first-order valence-electron chi connectivity index (χ1n) is 7.98. The van der Waals surface area contributed by atoms with Crippen molar-refractivity contribution in [2.75, 3.05) is 6.79 Å². The molecule has 0 radical (unpaired) electrons. The highest BCUT2D eigenvalue weighted by Gasteiger charge is 2.14. The summed E-state index contributed by atoms with van der Waals surface area (Å²) in [7, 11) is 0. The van der Waals surface area contributed by atoms with Crippen molar-refractivity contribution in [1.82, 2.24) is 15.5 Å². The lowest BCUT2D eigenvalue weighted by Gasteiger charge is -2.05. The van der Waals surface area contributed by atoms with Crippen molar-refractivity contribution in [2.45, 2.75) is 13.5 Å². The molecule has 4 rings (SSSR count). The maximum atomic E-state index is 12.3. The number of aromatic amines is 1. The molecule has 0 bridgehead atoms. The molecule has 0 unspecified atom stereocenters. The van der Waals surface area contributed by atoms with Gasteiger partial charge in [-0.1, -0.05) is 35.9 Å². The number of hydrogen-bond acceptors (Lipinski definition) is 4. The molecule has 3 aromatic rings. The van der Waals surface area contributed by atoms with Crippen LogP contribution in [0.1, 0.15) is 21.6 Å². The number of nitrogens with zero attached hydrogens (tertiary/aromatic N) is 1. The summed E-state index contributed by atoms with van der Waals surface area (Å²) >= 11 is 0. The Labute approximate surface area is 144 Å². The SMILES string of the molecule is Cc1ccc(-c2cc(C(=O)NCc3ccc4c(c3)OCO4)[nH]n2)cc1. The van der Waals surface area contributed by atoms with Gasteiger partial charge >= 0.3 is 0 Å². The average Bonchev–Trinajstić information content (AvgIpc) is 3.29. The number of carbonyl (C=O) groups excluding carboxylic acids is 1. The fourth-order valence-electron chi connectivity index (χ4n) is 2.64. The molecule has 2 heterocycles. The van der Waals surface area contributed by atoms with Crippen molar-refractivity contribution in [1.29, 1.82) is 0 Å². The zero-order valence-corrected chi connectivity index (χ0v) is 13.7. The predicted molar refractivity (Wildman–Crippen MR) is 92.5 cm³/mol. The first-order valence-corrected chi connectivity index (χ1v) is 7.98. The van der Waals surface area contributed by atoms with E-state index in [1.165, 1.54) is 5.56 Å². The third kappa shape index (κ3) is 3.19. The Morgan fingerprint density at radius 1 is 1.12 bits per heavy atom. The van der Waals surface area contributed by atoms with E-state index in [1.807, 2.05) is 49.4 Å². The van der Waals surface area contributed by atoms with Crippen molar-refractivity contribution < 1.29 is 14.3 Å². The molecule has 0 aliphatic carbocycles. The van der Waals surface area contributed by atoms with Gasteiger partial charge in [0.05, 0.1) is 5.69 Å². The summed E-state index contributed by atoms with van der Waals surface area (Å²) in [5.74, 6) is 1.23. The van der Waals surface area contributed by atoms with Gasteiger partial charge in [0.25, 0.3) is 5.91 Å². The maximum absolute atomic E-state index is 12.3. The molecule has 1 aliphatic rings. The second-order valence-electron chi connectivity index (χ2n) is 5.90. The van der Waals surface area contributed by atoms with Gasteiger partial charge in [-0.2, -0.15) is 5.10 Å². The number of nitrogens with one attached hydrogen (secondary N) is 2. The van der Waals surface area contributed by atoms with E-state index in [4.69, 9.17) is 9.47 Å². The summed E-state index contributed by atoms with van der Waals surface area (Å²) in [6.07, 6.45) is 0. The zero-order valence-electron chi connectivity index (χ0n) is 13.7. The van der Waals surface area contributed by atoms with Crippen LogP contribution in [0.4, 0.5) is 0 Å². The van der Waals surface area contributed by atoms with Crippen LogP contribution >= 0.6 is 0 Å². The van der Waals surface area contributed by atoms with Gasteiger partial charge in [-0.3, -0.25) is 9.89 Å². The first kappa shape index (κ1) is 15.3. The molecule has 25 heavy (non-hydrogen) atoms. The minimum absolute atomic E-state index is 0.205. The summed E-state index contributed by atoms with van der Waals surface area (Å²) in [6, 6.07) is 15.4. The quantitative estimate of drug-likeness (QED) is 0.768. The van der Waals surface area contributed by atoms with Crippen LogP contribution in [0.5, 0.6) is 11.5 Å². The normalized spacial score (nSPS) is 12.2. The zero-order chi connectivity index (χ0) is 17.2. The topological polar surface area (TPSA) is 76.2 Å². The molecular weight excluding hydrogens is 318 g/mol. The largest absolute Gasteiger partial charge is 0.454 e. The van der Waals surface area contributed by atoms with Crippen molar-refractivity contribution in [3.63, 3.8) is 0 Å². The summed E-state index contributed by atoms with van der Waals surface area (Å²) in [6.45, 7) is 2.67. The maximum Gasteiger partial charge on any atom is 0.269 e. The molecule has 0 spiro atoms. The monoisotopic (exact) mass is 335 g/mol. The minimum atomic E-state index is -0.205. The lowest BCUT2D eigenvalue weighted by molar-refractivity contribution is 0.0946. The van der Waals surface area contributed by atoms with Crippen LogP contribution in [-0.4, -0.2) is 22.9 Å². The predicted octanol–water partition coefficient (Wildman–Crippen LogP) is 3.04. The first-order chi connectivity index (χ1) is 12.2. The molecular formula is C19H17N3O3. The van der Waals surface area contributed by atoms with Crippen LogP contribution in [0.3, 0.4) is 0 Å². The summed E-state index contributed by atoms with van der Waals surface area (Å²) in [5, 5.41) is 9.88. The molecule has 1 amide bonds. The van der Waals surface area contributed by atoms with Crippen LogP contribution < -0.4 is 14.8 Å². The molecule has 1 aliphatic heterocycles. The van der Waals surface area contributed by atoms with E-state index >= 15 is 0 Å². The van der Waals surface area contributed by atoms with Crippen molar-refractivity contribution in [3.8, 4) is 22.8 Å². The van der Waals surface area contributed by atoms with Crippen molar-refractivity contribution in [3.05, 3.63) is 65.4 Å². The van der Waals surface area contributed by atoms with E-state index < -0.39 is 0 Å². The molecule has 0 saturated heterocycles. The van der Waals surface area contributed by atoms with Crippen molar-refractivity contribution in [2.24, 2.45) is 0 Å². The number of aryl methyl sites for hydroxylation is 1.